The Morgan fingerprint density at radius 2 is 2.00 bits per heavy atom. The number of ether oxygens (including phenoxy) is 1. The van der Waals surface area contributed by atoms with Gasteiger partial charge in [0.2, 0.25) is 0 Å². The van der Waals surface area contributed by atoms with Gasteiger partial charge in [-0.25, -0.2) is 0 Å². The van der Waals surface area contributed by atoms with Crippen molar-refractivity contribution < 1.29 is 9.53 Å². The van der Waals surface area contributed by atoms with Crippen molar-refractivity contribution in [1.29, 1.82) is 0 Å². The molecule has 1 saturated carbocycles. The molecule has 3 heteroatoms. The Labute approximate surface area is 79.6 Å². The monoisotopic (exact) mass is 185 g/mol. The third kappa shape index (κ3) is 4.27. The summed E-state index contributed by atoms with van der Waals surface area (Å²) in [6.45, 7) is 2.03. The molecule has 1 rings (SSSR count). The van der Waals surface area contributed by atoms with Crippen molar-refractivity contribution >= 4 is 5.97 Å². The molecule has 1 aliphatic rings. The largest absolute Gasteiger partial charge is 0.466 e. The van der Waals surface area contributed by atoms with E-state index in [9.17, 15) is 4.79 Å². The average Bonchev–Trinajstić information content (AvgIpc) is 2.08. The van der Waals surface area contributed by atoms with Crippen molar-refractivity contribution in [3.05, 3.63) is 0 Å². The fourth-order valence-corrected chi connectivity index (χ4v) is 1.85. The second-order valence-electron chi connectivity index (χ2n) is 3.91. The summed E-state index contributed by atoms with van der Waals surface area (Å²) in [7, 11) is 0. The topological polar surface area (TPSA) is 52.3 Å². The molecule has 13 heavy (non-hydrogen) atoms. The van der Waals surface area contributed by atoms with Gasteiger partial charge in [0.15, 0.2) is 0 Å². The fraction of sp³-hybridized carbons (Fsp3) is 0.900. The summed E-state index contributed by atoms with van der Waals surface area (Å²) in [5, 5.41) is 0. The smallest absolute Gasteiger partial charge is 0.302 e. The van der Waals surface area contributed by atoms with Gasteiger partial charge < -0.3 is 10.5 Å². The van der Waals surface area contributed by atoms with Crippen LogP contribution in [-0.2, 0) is 9.53 Å². The van der Waals surface area contributed by atoms with Crippen molar-refractivity contribution in [1.82, 2.24) is 0 Å². The van der Waals surface area contributed by atoms with Crippen molar-refractivity contribution in [2.75, 3.05) is 6.61 Å². The summed E-state index contributed by atoms with van der Waals surface area (Å²) < 4.78 is 4.90. The van der Waals surface area contributed by atoms with Crippen LogP contribution in [-0.4, -0.2) is 18.6 Å². The Morgan fingerprint density at radius 1 is 1.38 bits per heavy atom. The van der Waals surface area contributed by atoms with Crippen molar-refractivity contribution in [2.24, 2.45) is 11.7 Å². The first-order chi connectivity index (χ1) is 6.18. The SMILES string of the molecule is CC(=O)OCCC1CCC(N)CC1. The summed E-state index contributed by atoms with van der Waals surface area (Å²) in [6.07, 6.45) is 5.66. The maximum atomic E-state index is 10.5. The molecular weight excluding hydrogens is 166 g/mol. The zero-order chi connectivity index (χ0) is 9.68. The van der Waals surface area contributed by atoms with Gasteiger partial charge in [-0.15, -0.1) is 0 Å². The maximum absolute atomic E-state index is 10.5. The molecule has 0 aromatic heterocycles. The molecule has 1 aliphatic carbocycles. The van der Waals surface area contributed by atoms with E-state index in [1.54, 1.807) is 0 Å². The zero-order valence-corrected chi connectivity index (χ0v) is 8.29. The van der Waals surface area contributed by atoms with Gasteiger partial charge >= 0.3 is 5.97 Å². The number of hydrogen-bond donors (Lipinski definition) is 1. The number of hydrogen-bond acceptors (Lipinski definition) is 3. The second-order valence-corrected chi connectivity index (χ2v) is 3.91. The summed E-state index contributed by atoms with van der Waals surface area (Å²) in [5.74, 6) is 0.548. The molecule has 2 N–H and O–H groups in total. The highest BCUT2D eigenvalue weighted by Crippen LogP contribution is 2.25. The van der Waals surface area contributed by atoms with Crippen LogP contribution in [0, 0.1) is 5.92 Å². The molecule has 0 aromatic rings. The van der Waals surface area contributed by atoms with E-state index in [0.717, 1.165) is 25.2 Å². The van der Waals surface area contributed by atoms with Crippen LogP contribution in [0.25, 0.3) is 0 Å². The minimum Gasteiger partial charge on any atom is -0.466 e. The lowest BCUT2D eigenvalue weighted by Gasteiger charge is -2.25. The molecule has 0 aliphatic heterocycles. The van der Waals surface area contributed by atoms with E-state index in [1.165, 1.54) is 19.8 Å². The van der Waals surface area contributed by atoms with Gasteiger partial charge in [0.05, 0.1) is 6.61 Å². The van der Waals surface area contributed by atoms with Gasteiger partial charge in [0.1, 0.15) is 0 Å². The first-order valence-electron chi connectivity index (χ1n) is 5.07. The highest BCUT2D eigenvalue weighted by molar-refractivity contribution is 5.65. The van der Waals surface area contributed by atoms with E-state index in [-0.39, 0.29) is 5.97 Å². The van der Waals surface area contributed by atoms with Crippen molar-refractivity contribution in [3.8, 4) is 0 Å². The van der Waals surface area contributed by atoms with E-state index < -0.39 is 0 Å². The van der Waals surface area contributed by atoms with E-state index in [2.05, 4.69) is 0 Å². The lowest BCUT2D eigenvalue weighted by atomic mass is 9.85. The molecule has 76 valence electrons. The van der Waals surface area contributed by atoms with E-state index in [0.29, 0.717) is 12.6 Å². The molecule has 0 heterocycles. The first kappa shape index (κ1) is 10.5. The lowest BCUT2D eigenvalue weighted by Crippen LogP contribution is -2.27. The molecule has 0 unspecified atom stereocenters. The van der Waals surface area contributed by atoms with Crippen LogP contribution >= 0.6 is 0 Å². The predicted molar refractivity (Wildman–Crippen MR) is 51.2 cm³/mol. The number of esters is 1. The number of carbonyl (C=O) groups is 1. The minimum absolute atomic E-state index is 0.174. The quantitative estimate of drug-likeness (QED) is 0.677. The van der Waals surface area contributed by atoms with Crippen LogP contribution in [0.15, 0.2) is 0 Å². The molecule has 1 fully saturated rings. The molecule has 0 bridgehead atoms. The van der Waals surface area contributed by atoms with Crippen LogP contribution in [0.3, 0.4) is 0 Å². The van der Waals surface area contributed by atoms with Crippen molar-refractivity contribution in [2.45, 2.75) is 45.1 Å². The van der Waals surface area contributed by atoms with E-state index in [4.69, 9.17) is 10.5 Å². The van der Waals surface area contributed by atoms with Crippen LogP contribution in [0.2, 0.25) is 0 Å². The number of nitrogens with two attached hydrogens (primary N) is 1. The van der Waals surface area contributed by atoms with Crippen LogP contribution in [0.1, 0.15) is 39.0 Å². The third-order valence-corrected chi connectivity index (χ3v) is 2.72. The molecule has 0 atom stereocenters. The summed E-state index contributed by atoms with van der Waals surface area (Å²) in [5.41, 5.74) is 5.79. The summed E-state index contributed by atoms with van der Waals surface area (Å²) in [6, 6.07) is 0.407. The van der Waals surface area contributed by atoms with Crippen molar-refractivity contribution in [3.63, 3.8) is 0 Å². The molecule has 0 amide bonds. The number of carbonyl (C=O) groups excluding carboxylic acids is 1. The Bertz CT molecular complexity index is 162. The molecule has 0 aromatic carbocycles. The van der Waals surface area contributed by atoms with E-state index in [1.807, 2.05) is 0 Å². The average molecular weight is 185 g/mol. The Hall–Kier alpha value is -0.570. The Balaban J connectivity index is 2.05. The normalized spacial score (nSPS) is 28.5. The van der Waals surface area contributed by atoms with Crippen LogP contribution in [0.4, 0.5) is 0 Å². The summed E-state index contributed by atoms with van der Waals surface area (Å²) >= 11 is 0. The van der Waals surface area contributed by atoms with Gasteiger partial charge in [0, 0.05) is 13.0 Å². The third-order valence-electron chi connectivity index (χ3n) is 2.72. The second kappa shape index (κ2) is 5.22. The van der Waals surface area contributed by atoms with Gasteiger partial charge in [-0.1, -0.05) is 0 Å². The standard InChI is InChI=1S/C10H19NO2/c1-8(12)13-7-6-9-2-4-10(11)5-3-9/h9-10H,2-7,11H2,1H3. The molecular formula is C10H19NO2. The van der Waals surface area contributed by atoms with E-state index >= 15 is 0 Å². The minimum atomic E-state index is -0.174. The Kier molecular flexibility index (Phi) is 4.22. The molecule has 0 radical (unpaired) electrons. The summed E-state index contributed by atoms with van der Waals surface area (Å²) in [4.78, 5) is 10.5. The number of rotatable bonds is 3. The van der Waals surface area contributed by atoms with Gasteiger partial charge in [-0.05, 0) is 38.0 Å². The fourth-order valence-electron chi connectivity index (χ4n) is 1.85. The Morgan fingerprint density at radius 3 is 2.54 bits per heavy atom. The lowest BCUT2D eigenvalue weighted by molar-refractivity contribution is -0.141. The molecule has 0 spiro atoms. The highest BCUT2D eigenvalue weighted by atomic mass is 16.5. The highest BCUT2D eigenvalue weighted by Gasteiger charge is 2.18. The van der Waals surface area contributed by atoms with Gasteiger partial charge in [-0.2, -0.15) is 0 Å². The predicted octanol–water partition coefficient (Wildman–Crippen LogP) is 1.46. The molecule has 0 saturated heterocycles. The molecule has 3 nitrogen and oxygen atoms in total. The van der Waals surface area contributed by atoms with Crippen LogP contribution in [0.5, 0.6) is 0 Å². The van der Waals surface area contributed by atoms with Crippen LogP contribution < -0.4 is 5.73 Å². The first-order valence-corrected chi connectivity index (χ1v) is 5.07. The zero-order valence-electron chi connectivity index (χ0n) is 8.29. The maximum Gasteiger partial charge on any atom is 0.302 e. The van der Waals surface area contributed by atoms with Gasteiger partial charge in [0.25, 0.3) is 0 Å². The van der Waals surface area contributed by atoms with Gasteiger partial charge in [-0.3, -0.25) is 4.79 Å².